The molecule has 0 fully saturated rings. The lowest BCUT2D eigenvalue weighted by Crippen LogP contribution is -2.21. The molecule has 0 aliphatic carbocycles. The minimum atomic E-state index is -4.75. The Morgan fingerprint density at radius 3 is 2.29 bits per heavy atom. The average molecular weight is 219 g/mol. The average Bonchev–Trinajstić information content (AvgIpc) is 1.99. The van der Waals surface area contributed by atoms with E-state index in [1.165, 1.54) is 0 Å². The molecular formula is C6H4F5O3-. The minimum Gasteiger partial charge on any atom is -0.871 e. The zero-order valence-corrected chi connectivity index (χ0v) is 6.48. The number of hydrogen-bond acceptors (Lipinski definition) is 3. The largest absolute Gasteiger partial charge is 0.871 e. The van der Waals surface area contributed by atoms with Crippen LogP contribution in [0.4, 0.5) is 22.0 Å². The number of carbonyl (C=O) groups is 1. The molecule has 14 heavy (non-hydrogen) atoms. The van der Waals surface area contributed by atoms with E-state index < -0.39 is 30.9 Å². The van der Waals surface area contributed by atoms with E-state index in [1.54, 1.807) is 0 Å². The highest BCUT2D eigenvalue weighted by molar-refractivity contribution is 5.82. The van der Waals surface area contributed by atoms with Crippen LogP contribution in [0.5, 0.6) is 0 Å². The van der Waals surface area contributed by atoms with E-state index in [1.807, 2.05) is 0 Å². The molecule has 0 unspecified atom stereocenters. The molecule has 0 aromatic carbocycles. The predicted octanol–water partition coefficient (Wildman–Crippen LogP) is 0.601. The van der Waals surface area contributed by atoms with Crippen LogP contribution in [0, 0.1) is 0 Å². The molecule has 0 aromatic rings. The Kier molecular flexibility index (Phi) is 4.32. The standard InChI is InChI=1S/C6H5F5O3/c7-5(8)3(12)1-4(13)14-2-6(9,10)11/h1,5,12H,2H2/p-1/b3-1-. The zero-order chi connectivity index (χ0) is 11.4. The first-order valence-electron chi connectivity index (χ1n) is 3.12. The van der Waals surface area contributed by atoms with Gasteiger partial charge in [0.25, 0.3) is 0 Å². The summed E-state index contributed by atoms with van der Waals surface area (Å²) in [6.07, 6.45) is -8.42. The van der Waals surface area contributed by atoms with E-state index in [9.17, 15) is 31.9 Å². The molecule has 0 aromatic heterocycles. The molecule has 0 heterocycles. The summed E-state index contributed by atoms with van der Waals surface area (Å²) in [4.78, 5) is 10.3. The number of hydrogen-bond donors (Lipinski definition) is 0. The van der Waals surface area contributed by atoms with E-state index in [2.05, 4.69) is 4.74 Å². The van der Waals surface area contributed by atoms with Crippen molar-refractivity contribution in [2.24, 2.45) is 0 Å². The van der Waals surface area contributed by atoms with Gasteiger partial charge in [0.15, 0.2) is 6.61 Å². The molecule has 0 atom stereocenters. The Bertz CT molecular complexity index is 232. The molecule has 0 saturated carbocycles. The maximum Gasteiger partial charge on any atom is 0.422 e. The topological polar surface area (TPSA) is 49.4 Å². The molecule has 3 nitrogen and oxygen atoms in total. The number of alkyl halides is 5. The van der Waals surface area contributed by atoms with E-state index in [0.29, 0.717) is 0 Å². The SMILES string of the molecule is O=C(/C=C(\[O-])C(F)F)OCC(F)(F)F. The Labute approximate surface area is 74.8 Å². The fourth-order valence-electron chi connectivity index (χ4n) is 0.374. The molecule has 0 aliphatic heterocycles. The van der Waals surface area contributed by atoms with Crippen molar-refractivity contribution in [1.29, 1.82) is 0 Å². The number of carbonyl (C=O) groups excluding carboxylic acids is 1. The van der Waals surface area contributed by atoms with Gasteiger partial charge in [-0.05, 0) is 0 Å². The fraction of sp³-hybridized carbons (Fsp3) is 0.500. The number of halogens is 5. The van der Waals surface area contributed by atoms with Crippen LogP contribution >= 0.6 is 0 Å². The van der Waals surface area contributed by atoms with Crippen molar-refractivity contribution in [1.82, 2.24) is 0 Å². The molecule has 0 N–H and O–H groups in total. The van der Waals surface area contributed by atoms with Gasteiger partial charge in [-0.3, -0.25) is 0 Å². The van der Waals surface area contributed by atoms with Gasteiger partial charge in [-0.15, -0.1) is 0 Å². The van der Waals surface area contributed by atoms with Crippen LogP contribution < -0.4 is 5.11 Å². The summed E-state index contributed by atoms with van der Waals surface area (Å²) in [6.45, 7) is -1.92. The highest BCUT2D eigenvalue weighted by Crippen LogP contribution is 2.14. The molecule has 0 saturated heterocycles. The van der Waals surface area contributed by atoms with Crippen molar-refractivity contribution in [2.75, 3.05) is 6.61 Å². The highest BCUT2D eigenvalue weighted by atomic mass is 19.4. The molecule has 0 spiro atoms. The molecular weight excluding hydrogens is 215 g/mol. The van der Waals surface area contributed by atoms with Gasteiger partial charge in [-0.25, -0.2) is 13.6 Å². The first-order chi connectivity index (χ1) is 6.22. The lowest BCUT2D eigenvalue weighted by molar-refractivity contribution is -0.324. The lowest BCUT2D eigenvalue weighted by Gasteiger charge is -2.10. The third-order valence-electron chi connectivity index (χ3n) is 0.853. The number of allylic oxidation sites excluding steroid dienone is 1. The van der Waals surface area contributed by atoms with Crippen LogP contribution in [-0.4, -0.2) is 25.2 Å². The quantitative estimate of drug-likeness (QED) is 0.302. The number of rotatable bonds is 3. The molecule has 0 amide bonds. The van der Waals surface area contributed by atoms with Gasteiger partial charge in [0.1, 0.15) is 0 Å². The van der Waals surface area contributed by atoms with Crippen molar-refractivity contribution in [3.63, 3.8) is 0 Å². The van der Waals surface area contributed by atoms with E-state index in [0.717, 1.165) is 0 Å². The first kappa shape index (κ1) is 12.7. The second kappa shape index (κ2) is 4.77. The molecule has 0 radical (unpaired) electrons. The van der Waals surface area contributed by atoms with E-state index in [-0.39, 0.29) is 6.08 Å². The highest BCUT2D eigenvalue weighted by Gasteiger charge is 2.29. The third-order valence-corrected chi connectivity index (χ3v) is 0.853. The van der Waals surface area contributed by atoms with Crippen LogP contribution in [0.1, 0.15) is 0 Å². The molecule has 0 aliphatic rings. The molecule has 8 heteroatoms. The van der Waals surface area contributed by atoms with Crippen LogP contribution in [0.15, 0.2) is 11.8 Å². The summed E-state index contributed by atoms with van der Waals surface area (Å²) < 4.78 is 60.5. The van der Waals surface area contributed by atoms with Gasteiger partial charge in [-0.1, -0.05) is 5.76 Å². The van der Waals surface area contributed by atoms with Crippen molar-refractivity contribution >= 4 is 5.97 Å². The Morgan fingerprint density at radius 2 is 1.93 bits per heavy atom. The van der Waals surface area contributed by atoms with Gasteiger partial charge in [-0.2, -0.15) is 13.2 Å². The summed E-state index contributed by atoms with van der Waals surface area (Å²) in [7, 11) is 0. The summed E-state index contributed by atoms with van der Waals surface area (Å²) in [5.41, 5.74) is 0. The van der Waals surface area contributed by atoms with Gasteiger partial charge in [0, 0.05) is 6.08 Å². The molecule has 0 bridgehead atoms. The minimum absolute atomic E-state index is 0.226. The van der Waals surface area contributed by atoms with Gasteiger partial charge >= 0.3 is 12.1 Å². The summed E-state index contributed by atoms with van der Waals surface area (Å²) in [5, 5.41) is 10.1. The zero-order valence-electron chi connectivity index (χ0n) is 6.48. The van der Waals surface area contributed by atoms with Crippen LogP contribution in [0.2, 0.25) is 0 Å². The summed E-state index contributed by atoms with van der Waals surface area (Å²) in [6, 6.07) is 0. The number of esters is 1. The Balaban J connectivity index is 4.06. The van der Waals surface area contributed by atoms with Gasteiger partial charge in [0.05, 0.1) is 0 Å². The Morgan fingerprint density at radius 1 is 1.43 bits per heavy atom. The molecule has 82 valence electrons. The lowest BCUT2D eigenvalue weighted by atomic mass is 10.4. The van der Waals surface area contributed by atoms with Crippen molar-refractivity contribution in [3.05, 3.63) is 11.8 Å². The molecule has 0 rings (SSSR count). The first-order valence-corrected chi connectivity index (χ1v) is 3.12. The van der Waals surface area contributed by atoms with Crippen molar-refractivity contribution < 1.29 is 36.6 Å². The fourth-order valence-corrected chi connectivity index (χ4v) is 0.374. The summed E-state index contributed by atoms with van der Waals surface area (Å²) >= 11 is 0. The maximum atomic E-state index is 11.5. The second-order valence-corrected chi connectivity index (χ2v) is 2.07. The van der Waals surface area contributed by atoms with Gasteiger partial charge < -0.3 is 9.84 Å². The number of ether oxygens (including phenoxy) is 1. The second-order valence-electron chi connectivity index (χ2n) is 2.07. The van der Waals surface area contributed by atoms with Crippen molar-refractivity contribution in [2.45, 2.75) is 12.6 Å². The third kappa shape index (κ3) is 6.21. The van der Waals surface area contributed by atoms with Crippen LogP contribution in [0.25, 0.3) is 0 Å². The predicted molar refractivity (Wildman–Crippen MR) is 31.1 cm³/mol. The van der Waals surface area contributed by atoms with Gasteiger partial charge in [0.2, 0.25) is 6.43 Å². The van der Waals surface area contributed by atoms with E-state index in [4.69, 9.17) is 0 Å². The Hall–Kier alpha value is -1.34. The van der Waals surface area contributed by atoms with E-state index >= 15 is 0 Å². The normalized spacial score (nSPS) is 13.1. The summed E-state index contributed by atoms with van der Waals surface area (Å²) in [5.74, 6) is -3.63. The van der Waals surface area contributed by atoms with Crippen LogP contribution in [0.3, 0.4) is 0 Å². The monoisotopic (exact) mass is 219 g/mol. The maximum absolute atomic E-state index is 11.5. The smallest absolute Gasteiger partial charge is 0.422 e. The van der Waals surface area contributed by atoms with Crippen LogP contribution in [-0.2, 0) is 9.53 Å². The van der Waals surface area contributed by atoms with Crippen molar-refractivity contribution in [3.8, 4) is 0 Å².